The number of carbonyl (C=O) groups excluding carboxylic acids is 2. The van der Waals surface area contributed by atoms with Crippen molar-refractivity contribution in [3.05, 3.63) is 48.6 Å². The molecule has 0 aliphatic heterocycles. The molecule has 0 aromatic heterocycles. The van der Waals surface area contributed by atoms with Gasteiger partial charge in [-0.1, -0.05) is 152 Å². The summed E-state index contributed by atoms with van der Waals surface area (Å²) in [6.07, 6.45) is 42.6. The minimum atomic E-state index is -4.76. The summed E-state index contributed by atoms with van der Waals surface area (Å²) in [6.45, 7) is 3.52. The lowest BCUT2D eigenvalue weighted by Gasteiger charge is -2.18. The zero-order chi connectivity index (χ0) is 36.1. The van der Waals surface area contributed by atoms with Crippen molar-refractivity contribution in [2.75, 3.05) is 13.2 Å². The molecule has 0 aliphatic carbocycles. The third-order valence-electron chi connectivity index (χ3n) is 8.14. The van der Waals surface area contributed by atoms with Crippen LogP contribution in [0.25, 0.3) is 0 Å². The second-order valence-electron chi connectivity index (χ2n) is 12.9. The highest BCUT2D eigenvalue weighted by Gasteiger charge is 2.22. The average molecular weight is 711 g/mol. The number of rotatable bonds is 35. The van der Waals surface area contributed by atoms with Gasteiger partial charge in [0.05, 0.1) is 6.61 Å². The molecule has 0 saturated heterocycles. The molecule has 8 nitrogen and oxygen atoms in total. The van der Waals surface area contributed by atoms with E-state index in [4.69, 9.17) is 19.3 Å². The van der Waals surface area contributed by atoms with Crippen LogP contribution in [0.2, 0.25) is 0 Å². The normalized spacial score (nSPS) is 13.0. The molecular weight excluding hydrogens is 639 g/mol. The molecular formula is C40H71O8P. The Morgan fingerprint density at radius 1 is 0.551 bits per heavy atom. The maximum absolute atomic E-state index is 12.3. The van der Waals surface area contributed by atoms with Gasteiger partial charge in [0.15, 0.2) is 6.10 Å². The first-order valence-corrected chi connectivity index (χ1v) is 21.0. The van der Waals surface area contributed by atoms with Crippen molar-refractivity contribution in [2.24, 2.45) is 0 Å². The SMILES string of the molecule is CC/C=C/C=C/C=C/CCCCCCCC(=O)OC(COC(=O)CCCCCCC/C=C/CCCCCCCCCCC)COP(=O)(O)O. The maximum atomic E-state index is 12.3. The van der Waals surface area contributed by atoms with E-state index in [0.29, 0.717) is 12.8 Å². The second kappa shape index (κ2) is 35.8. The van der Waals surface area contributed by atoms with Crippen LogP contribution in [0, 0.1) is 0 Å². The highest BCUT2D eigenvalue weighted by molar-refractivity contribution is 7.46. The Balaban J connectivity index is 3.97. The molecule has 0 bridgehead atoms. The molecule has 0 aromatic carbocycles. The minimum Gasteiger partial charge on any atom is -0.462 e. The molecule has 0 heterocycles. The van der Waals surface area contributed by atoms with Crippen molar-refractivity contribution < 1.29 is 37.9 Å². The fourth-order valence-corrected chi connectivity index (χ4v) is 5.61. The van der Waals surface area contributed by atoms with Crippen molar-refractivity contribution in [1.82, 2.24) is 0 Å². The van der Waals surface area contributed by atoms with Gasteiger partial charge in [-0.05, 0) is 57.8 Å². The summed E-state index contributed by atoms with van der Waals surface area (Å²) in [5.74, 6) is -0.920. The fourth-order valence-electron chi connectivity index (χ4n) is 5.25. The molecule has 49 heavy (non-hydrogen) atoms. The first-order valence-electron chi connectivity index (χ1n) is 19.5. The lowest BCUT2D eigenvalue weighted by molar-refractivity contribution is -0.161. The standard InChI is InChI=1S/C40H71O8P/c1-3-5-7-9-11-13-15-17-18-19-20-21-23-24-26-28-30-32-34-39(41)46-36-38(37-47-49(43,44)45)48-40(42)35-33-31-29-27-25-22-16-14-12-10-8-6-4-2/h6,8,10,12,14,16,20-21,38H,3-5,7,9,11,13,15,17-19,22-37H2,1-2H3,(H2,43,44,45)/b8-6+,12-10+,16-14+,21-20+. The van der Waals surface area contributed by atoms with E-state index < -0.39 is 32.5 Å². The van der Waals surface area contributed by atoms with E-state index >= 15 is 0 Å². The summed E-state index contributed by atoms with van der Waals surface area (Å²) in [5, 5.41) is 0. The van der Waals surface area contributed by atoms with Crippen LogP contribution in [0.3, 0.4) is 0 Å². The predicted octanol–water partition coefficient (Wildman–Crippen LogP) is 11.6. The molecule has 0 aromatic rings. The summed E-state index contributed by atoms with van der Waals surface area (Å²) >= 11 is 0. The molecule has 0 rings (SSSR count). The zero-order valence-corrected chi connectivity index (χ0v) is 32.0. The van der Waals surface area contributed by atoms with E-state index in [0.717, 1.165) is 70.6 Å². The molecule has 284 valence electrons. The van der Waals surface area contributed by atoms with Crippen molar-refractivity contribution in [3.8, 4) is 0 Å². The Labute approximate surface area is 299 Å². The Kier molecular flexibility index (Phi) is 34.4. The number of unbranched alkanes of at least 4 members (excludes halogenated alkanes) is 19. The number of allylic oxidation sites excluding steroid dienone is 8. The van der Waals surface area contributed by atoms with Gasteiger partial charge in [0.25, 0.3) is 0 Å². The van der Waals surface area contributed by atoms with Crippen molar-refractivity contribution in [1.29, 1.82) is 0 Å². The molecule has 0 spiro atoms. The maximum Gasteiger partial charge on any atom is 0.469 e. The van der Waals surface area contributed by atoms with E-state index in [1.807, 2.05) is 18.2 Å². The van der Waals surface area contributed by atoms with Gasteiger partial charge >= 0.3 is 19.8 Å². The van der Waals surface area contributed by atoms with Crippen LogP contribution in [-0.4, -0.2) is 41.0 Å². The first kappa shape index (κ1) is 47.0. The lowest BCUT2D eigenvalue weighted by Crippen LogP contribution is -2.29. The summed E-state index contributed by atoms with van der Waals surface area (Å²) in [5.41, 5.74) is 0. The van der Waals surface area contributed by atoms with Crippen LogP contribution in [0.5, 0.6) is 0 Å². The van der Waals surface area contributed by atoms with Gasteiger partial charge in [-0.2, -0.15) is 0 Å². The monoisotopic (exact) mass is 710 g/mol. The Morgan fingerprint density at radius 2 is 1.00 bits per heavy atom. The van der Waals surface area contributed by atoms with Crippen LogP contribution in [0.15, 0.2) is 48.6 Å². The van der Waals surface area contributed by atoms with Gasteiger partial charge in [0.2, 0.25) is 0 Å². The molecule has 0 saturated carbocycles. The molecule has 0 fully saturated rings. The van der Waals surface area contributed by atoms with E-state index in [2.05, 4.69) is 48.8 Å². The third kappa shape index (κ3) is 38.7. The molecule has 2 N–H and O–H groups in total. The summed E-state index contributed by atoms with van der Waals surface area (Å²) in [4.78, 5) is 42.7. The Bertz CT molecular complexity index is 937. The third-order valence-corrected chi connectivity index (χ3v) is 8.63. The summed E-state index contributed by atoms with van der Waals surface area (Å²) in [6, 6.07) is 0. The van der Waals surface area contributed by atoms with Crippen LogP contribution in [0.4, 0.5) is 0 Å². The number of phosphoric ester groups is 1. The number of esters is 2. The van der Waals surface area contributed by atoms with E-state index in [-0.39, 0.29) is 19.4 Å². The Morgan fingerprint density at radius 3 is 1.51 bits per heavy atom. The van der Waals surface area contributed by atoms with Gasteiger partial charge in [-0.25, -0.2) is 4.57 Å². The number of carbonyl (C=O) groups is 2. The van der Waals surface area contributed by atoms with Crippen LogP contribution in [-0.2, 0) is 28.2 Å². The number of phosphoric acid groups is 1. The molecule has 9 heteroatoms. The van der Waals surface area contributed by atoms with Crippen LogP contribution >= 0.6 is 7.82 Å². The van der Waals surface area contributed by atoms with Gasteiger partial charge in [-0.15, -0.1) is 0 Å². The summed E-state index contributed by atoms with van der Waals surface area (Å²) in [7, 11) is -4.76. The highest BCUT2D eigenvalue weighted by Crippen LogP contribution is 2.36. The number of ether oxygens (including phenoxy) is 2. The highest BCUT2D eigenvalue weighted by atomic mass is 31.2. The largest absolute Gasteiger partial charge is 0.469 e. The van der Waals surface area contributed by atoms with Crippen molar-refractivity contribution >= 4 is 19.8 Å². The summed E-state index contributed by atoms with van der Waals surface area (Å²) < 4.78 is 26.3. The molecule has 1 atom stereocenters. The molecule has 0 radical (unpaired) electrons. The Hall–Kier alpha value is -1.99. The smallest absolute Gasteiger partial charge is 0.462 e. The quantitative estimate of drug-likeness (QED) is 0.0219. The minimum absolute atomic E-state index is 0.186. The van der Waals surface area contributed by atoms with Gasteiger partial charge < -0.3 is 19.3 Å². The molecule has 1 unspecified atom stereocenters. The van der Waals surface area contributed by atoms with Crippen LogP contribution < -0.4 is 0 Å². The van der Waals surface area contributed by atoms with Crippen molar-refractivity contribution in [3.63, 3.8) is 0 Å². The fraction of sp³-hybridized carbons (Fsp3) is 0.750. The van der Waals surface area contributed by atoms with E-state index in [1.54, 1.807) is 0 Å². The van der Waals surface area contributed by atoms with Gasteiger partial charge in [0, 0.05) is 12.8 Å². The van der Waals surface area contributed by atoms with Gasteiger partial charge in [-0.3, -0.25) is 14.1 Å². The molecule has 0 amide bonds. The van der Waals surface area contributed by atoms with Crippen LogP contribution in [0.1, 0.15) is 174 Å². The number of hydrogen-bond acceptors (Lipinski definition) is 6. The van der Waals surface area contributed by atoms with E-state index in [1.165, 1.54) is 64.2 Å². The zero-order valence-electron chi connectivity index (χ0n) is 31.1. The lowest BCUT2D eigenvalue weighted by atomic mass is 10.1. The first-order chi connectivity index (χ1) is 23.8. The topological polar surface area (TPSA) is 119 Å². The van der Waals surface area contributed by atoms with Crippen molar-refractivity contribution in [2.45, 2.75) is 180 Å². The molecule has 0 aliphatic rings. The average Bonchev–Trinajstić information content (AvgIpc) is 3.07. The second-order valence-corrected chi connectivity index (χ2v) is 14.2. The number of hydrogen-bond donors (Lipinski definition) is 2. The predicted molar refractivity (Wildman–Crippen MR) is 202 cm³/mol. The van der Waals surface area contributed by atoms with Gasteiger partial charge in [0.1, 0.15) is 6.61 Å². The van der Waals surface area contributed by atoms with E-state index in [9.17, 15) is 14.2 Å².